The predicted octanol–water partition coefficient (Wildman–Crippen LogP) is 0.0861. The van der Waals surface area contributed by atoms with Crippen molar-refractivity contribution in [2.75, 3.05) is 42.7 Å². The van der Waals surface area contributed by atoms with E-state index < -0.39 is 17.7 Å². The first-order chi connectivity index (χ1) is 7.50. The van der Waals surface area contributed by atoms with Gasteiger partial charge in [-0.15, -0.1) is 4.39 Å². The van der Waals surface area contributed by atoms with Gasteiger partial charge in [0.05, 0.1) is 7.11 Å². The molecule has 98 valence electrons. The van der Waals surface area contributed by atoms with Gasteiger partial charge in [-0.1, -0.05) is 0 Å². The van der Waals surface area contributed by atoms with Crippen molar-refractivity contribution >= 4 is 17.7 Å². The second kappa shape index (κ2) is 6.78. The maximum Gasteiger partial charge on any atom is 0.620 e. The predicted molar refractivity (Wildman–Crippen MR) is 61.3 cm³/mol. The van der Waals surface area contributed by atoms with Crippen molar-refractivity contribution in [3.63, 3.8) is 0 Å². The zero-order chi connectivity index (χ0) is 12.8. The van der Waals surface area contributed by atoms with Crippen LogP contribution in [0, 0.1) is 0 Å². The van der Waals surface area contributed by atoms with Gasteiger partial charge in [-0.25, -0.2) is 0 Å². The minimum absolute atomic E-state index is 1.44. The van der Waals surface area contributed by atoms with Crippen LogP contribution >= 0.6 is 0 Å². The molecule has 0 aromatic carbocycles. The van der Waals surface area contributed by atoms with Gasteiger partial charge in [0.25, 0.3) is 0 Å². The molecule has 0 aromatic heterocycles. The summed E-state index contributed by atoms with van der Waals surface area (Å²) in [6.07, 6.45) is 0. The Labute approximate surface area is 98.9 Å². The van der Waals surface area contributed by atoms with Crippen LogP contribution in [0.1, 0.15) is 0 Å². The highest BCUT2D eigenvalue weighted by Crippen LogP contribution is 2.22. The summed E-state index contributed by atoms with van der Waals surface area (Å²) >= 11 is 0. The van der Waals surface area contributed by atoms with E-state index in [4.69, 9.17) is 27.0 Å². The van der Waals surface area contributed by atoms with Gasteiger partial charge in [-0.3, -0.25) is 0 Å². The van der Waals surface area contributed by atoms with E-state index in [2.05, 4.69) is 0 Å². The Morgan fingerprint density at radius 1 is 0.688 bits per heavy atom. The van der Waals surface area contributed by atoms with Gasteiger partial charge in [-0.2, -0.15) is 0 Å². The molecule has 9 heteroatoms. The molecule has 0 rings (SSSR count). The molecule has 0 spiro atoms. The molecule has 0 saturated heterocycles. The number of nitrogens with zero attached hydrogens (tertiary/aromatic N) is 1. The lowest BCUT2D eigenvalue weighted by Crippen LogP contribution is -2.70. The van der Waals surface area contributed by atoms with Crippen molar-refractivity contribution in [3.8, 4) is 0 Å². The highest BCUT2D eigenvalue weighted by molar-refractivity contribution is 6.77. The number of hydrogen-bond donors (Lipinski definition) is 0. The Kier molecular flexibility index (Phi) is 6.85. The Balaban J connectivity index is 5.21. The van der Waals surface area contributed by atoms with Crippen molar-refractivity contribution in [2.45, 2.75) is 6.55 Å². The summed E-state index contributed by atoms with van der Waals surface area (Å²) in [5, 5.41) is 0. The molecule has 16 heavy (non-hydrogen) atoms. The maximum atomic E-state index is 5.36. The van der Waals surface area contributed by atoms with Crippen LogP contribution in [-0.4, -0.2) is 64.7 Å². The monoisotopic (exact) mass is 271 g/mol. The lowest BCUT2D eigenvalue weighted by Gasteiger charge is -2.40. The van der Waals surface area contributed by atoms with E-state index in [1.807, 2.05) is 0 Å². The van der Waals surface area contributed by atoms with Gasteiger partial charge in [0.2, 0.25) is 0 Å². The Morgan fingerprint density at radius 2 is 1.06 bits per heavy atom. The molecule has 0 atom stereocenters. The van der Waals surface area contributed by atoms with Gasteiger partial charge in [0.1, 0.15) is 0 Å². The van der Waals surface area contributed by atoms with E-state index in [9.17, 15) is 0 Å². The lowest BCUT2D eigenvalue weighted by atomic mass is 11.7. The smallest absolute Gasteiger partial charge is 0.385 e. The van der Waals surface area contributed by atoms with Crippen LogP contribution in [0.5, 0.6) is 0 Å². The molecule has 0 radical (unpaired) electrons. The van der Waals surface area contributed by atoms with Crippen molar-refractivity contribution in [1.82, 2.24) is 4.39 Å². The van der Waals surface area contributed by atoms with Crippen molar-refractivity contribution in [1.29, 1.82) is 0 Å². The van der Waals surface area contributed by atoms with Gasteiger partial charge < -0.3 is 27.0 Å². The van der Waals surface area contributed by atoms with Crippen molar-refractivity contribution < 1.29 is 27.0 Å². The fourth-order valence-corrected chi connectivity index (χ4v) is 6.68. The summed E-state index contributed by atoms with van der Waals surface area (Å²) in [7, 11) is 3.22. The van der Waals surface area contributed by atoms with E-state index in [1.54, 1.807) is 20.8 Å². The van der Waals surface area contributed by atoms with E-state index in [-0.39, 0.29) is 0 Å². The summed E-state index contributed by atoms with van der Waals surface area (Å²) in [5.74, 6) is 0. The molecule has 0 fully saturated rings. The zero-order valence-electron chi connectivity index (χ0n) is 10.9. The summed E-state index contributed by atoms with van der Waals surface area (Å²) < 4.78 is 28.1. The van der Waals surface area contributed by atoms with Crippen LogP contribution in [0.4, 0.5) is 0 Å². The van der Waals surface area contributed by atoms with Crippen molar-refractivity contribution in [3.05, 3.63) is 0 Å². The molecule has 0 bridgehead atoms. The minimum atomic E-state index is -3.10. The Morgan fingerprint density at radius 3 is 1.25 bits per heavy atom. The van der Waals surface area contributed by atoms with Crippen LogP contribution in [-0.2, 0) is 27.0 Å². The average Bonchev–Trinajstić information content (AvgIpc) is 2.35. The standard InChI is InChI=1S/C7H21NO6Si2/c1-9-8(15(7,10-2)11-3)16(12-4,13-5)14-6/h1-7H3. The SMILES string of the molecule is CON([Si](C)(OC)OC)[Si](OC)(OC)OC. The Hall–Kier alpha value is 0.154. The average molecular weight is 271 g/mol. The molecule has 0 N–H and O–H groups in total. The molecule has 0 saturated carbocycles. The van der Waals surface area contributed by atoms with Crippen LogP contribution in [0.25, 0.3) is 0 Å². The summed E-state index contributed by atoms with van der Waals surface area (Å²) in [6, 6.07) is 0. The van der Waals surface area contributed by atoms with E-state index in [0.29, 0.717) is 0 Å². The molecule has 0 aliphatic carbocycles. The molecule has 0 aromatic rings. The van der Waals surface area contributed by atoms with Gasteiger partial charge >= 0.3 is 17.7 Å². The fraction of sp³-hybridized carbons (Fsp3) is 1.00. The normalized spacial score (nSPS) is 13.5. The highest BCUT2D eigenvalue weighted by Gasteiger charge is 2.59. The molecule has 0 unspecified atom stereocenters. The van der Waals surface area contributed by atoms with Gasteiger partial charge in [0.15, 0.2) is 0 Å². The first-order valence-electron chi connectivity index (χ1n) is 4.60. The van der Waals surface area contributed by atoms with Gasteiger partial charge in [0, 0.05) is 35.5 Å². The quantitative estimate of drug-likeness (QED) is 0.458. The topological polar surface area (TPSA) is 58.6 Å². The molecular weight excluding hydrogens is 250 g/mol. The van der Waals surface area contributed by atoms with Crippen LogP contribution in [0.3, 0.4) is 0 Å². The second-order valence-electron chi connectivity index (χ2n) is 2.92. The molecule has 0 aliphatic heterocycles. The summed E-state index contributed by atoms with van der Waals surface area (Å²) in [4.78, 5) is 5.27. The highest BCUT2D eigenvalue weighted by atomic mass is 28.5. The third kappa shape index (κ3) is 2.88. The van der Waals surface area contributed by atoms with Gasteiger partial charge in [-0.05, 0) is 6.55 Å². The van der Waals surface area contributed by atoms with E-state index in [1.165, 1.54) is 32.8 Å². The maximum absolute atomic E-state index is 5.36. The molecule has 0 amide bonds. The largest absolute Gasteiger partial charge is 0.620 e. The summed E-state index contributed by atoms with van der Waals surface area (Å²) in [5.41, 5.74) is 0. The molecule has 7 nitrogen and oxygen atoms in total. The van der Waals surface area contributed by atoms with E-state index >= 15 is 0 Å². The first-order valence-corrected chi connectivity index (χ1v) is 8.54. The fourth-order valence-electron chi connectivity index (χ4n) is 1.27. The minimum Gasteiger partial charge on any atom is -0.385 e. The number of rotatable bonds is 8. The zero-order valence-corrected chi connectivity index (χ0v) is 12.9. The van der Waals surface area contributed by atoms with Crippen molar-refractivity contribution in [2.24, 2.45) is 0 Å². The van der Waals surface area contributed by atoms with Crippen LogP contribution in [0.15, 0.2) is 0 Å². The molecule has 0 aliphatic rings. The third-order valence-electron chi connectivity index (χ3n) is 2.33. The van der Waals surface area contributed by atoms with E-state index in [0.717, 1.165) is 0 Å². The lowest BCUT2D eigenvalue weighted by molar-refractivity contribution is -0.105. The van der Waals surface area contributed by atoms with Crippen LogP contribution < -0.4 is 0 Å². The third-order valence-corrected chi connectivity index (χ3v) is 9.03. The first kappa shape index (κ1) is 16.2. The molecular formula is C7H21NO6Si2. The Bertz CT molecular complexity index is 191. The second-order valence-corrected chi connectivity index (χ2v) is 9.06. The molecule has 0 heterocycles. The number of hydrogen-bond acceptors (Lipinski definition) is 7. The van der Waals surface area contributed by atoms with Crippen LogP contribution in [0.2, 0.25) is 6.55 Å². The summed E-state index contributed by atoms with van der Waals surface area (Å²) in [6.45, 7) is 1.80.